The normalized spacial score (nSPS) is 17.1. The molecule has 1 aliphatic carbocycles. The predicted molar refractivity (Wildman–Crippen MR) is 83.7 cm³/mol. The molecule has 0 atom stereocenters. The average molecular weight is 366 g/mol. The van der Waals surface area contributed by atoms with E-state index in [1.54, 1.807) is 6.07 Å². The van der Waals surface area contributed by atoms with Crippen LogP contribution in [0.5, 0.6) is 0 Å². The van der Waals surface area contributed by atoms with Crippen LogP contribution in [0.4, 0.5) is 4.39 Å². The van der Waals surface area contributed by atoms with Gasteiger partial charge in [-0.2, -0.15) is 0 Å². The van der Waals surface area contributed by atoms with Gasteiger partial charge in [0.25, 0.3) is 5.91 Å². The Balaban J connectivity index is 0.00000200. The Hall–Kier alpha value is -0.650. The van der Waals surface area contributed by atoms with E-state index in [-0.39, 0.29) is 23.5 Å². The molecule has 0 heterocycles. The first kappa shape index (κ1) is 17.4. The van der Waals surface area contributed by atoms with Gasteiger partial charge < -0.3 is 11.1 Å². The molecule has 2 rings (SSSR count). The van der Waals surface area contributed by atoms with Crippen LogP contribution in [0, 0.1) is 5.82 Å². The molecule has 112 valence electrons. The first-order valence-corrected chi connectivity index (χ1v) is 7.32. The maximum atomic E-state index is 13.6. The van der Waals surface area contributed by atoms with Crippen molar-refractivity contribution in [2.24, 2.45) is 5.73 Å². The summed E-state index contributed by atoms with van der Waals surface area (Å²) in [5, 5.41) is 2.75. The highest BCUT2D eigenvalue weighted by atomic mass is 79.9. The molecule has 1 fully saturated rings. The van der Waals surface area contributed by atoms with Crippen LogP contribution >= 0.6 is 28.3 Å². The van der Waals surface area contributed by atoms with Gasteiger partial charge in [-0.05, 0) is 31.0 Å². The van der Waals surface area contributed by atoms with Gasteiger partial charge in [0.1, 0.15) is 5.82 Å². The van der Waals surface area contributed by atoms with Crippen LogP contribution in [-0.2, 0) is 0 Å². The van der Waals surface area contributed by atoms with Gasteiger partial charge in [-0.3, -0.25) is 4.79 Å². The number of carbonyl (C=O) groups excluding carboxylic acids is 1. The number of rotatable bonds is 3. The van der Waals surface area contributed by atoms with Crippen molar-refractivity contribution >= 4 is 34.2 Å². The summed E-state index contributed by atoms with van der Waals surface area (Å²) in [6.45, 7) is 0.404. The summed E-state index contributed by atoms with van der Waals surface area (Å²) >= 11 is 3.16. The largest absolute Gasteiger partial charge is 0.350 e. The molecule has 0 aliphatic heterocycles. The Labute approximate surface area is 133 Å². The van der Waals surface area contributed by atoms with Gasteiger partial charge in [0.15, 0.2) is 0 Å². The van der Waals surface area contributed by atoms with Crippen molar-refractivity contribution in [3.8, 4) is 0 Å². The van der Waals surface area contributed by atoms with Crippen LogP contribution in [-0.4, -0.2) is 18.0 Å². The highest BCUT2D eigenvalue weighted by molar-refractivity contribution is 9.10. The molecule has 1 aliphatic rings. The summed E-state index contributed by atoms with van der Waals surface area (Å²) in [7, 11) is 0. The molecule has 1 amide bonds. The topological polar surface area (TPSA) is 55.1 Å². The van der Waals surface area contributed by atoms with Crippen LogP contribution in [0.1, 0.15) is 42.5 Å². The summed E-state index contributed by atoms with van der Waals surface area (Å²) in [6.07, 6.45) is 5.22. The number of halogens is 3. The smallest absolute Gasteiger partial charge is 0.254 e. The zero-order chi connectivity index (χ0) is 13.9. The predicted octanol–water partition coefficient (Wildman–Crippen LogP) is 3.40. The van der Waals surface area contributed by atoms with Gasteiger partial charge in [0.2, 0.25) is 0 Å². The summed E-state index contributed by atoms with van der Waals surface area (Å²) in [5.74, 6) is -0.929. The molecule has 3 N–H and O–H groups in total. The van der Waals surface area contributed by atoms with Crippen molar-refractivity contribution < 1.29 is 9.18 Å². The van der Waals surface area contributed by atoms with Crippen LogP contribution in [0.2, 0.25) is 0 Å². The van der Waals surface area contributed by atoms with E-state index in [0.717, 1.165) is 25.7 Å². The van der Waals surface area contributed by atoms with Gasteiger partial charge >= 0.3 is 0 Å². The van der Waals surface area contributed by atoms with E-state index in [0.29, 0.717) is 11.0 Å². The summed E-state index contributed by atoms with van der Waals surface area (Å²) < 4.78 is 14.3. The van der Waals surface area contributed by atoms with Crippen molar-refractivity contribution in [2.75, 3.05) is 6.54 Å². The third-order valence-corrected chi connectivity index (χ3v) is 4.12. The first-order chi connectivity index (χ1) is 9.00. The molecule has 20 heavy (non-hydrogen) atoms. The number of hydrogen-bond acceptors (Lipinski definition) is 2. The Morgan fingerprint density at radius 3 is 2.60 bits per heavy atom. The van der Waals surface area contributed by atoms with Gasteiger partial charge in [-0.25, -0.2) is 4.39 Å². The fourth-order valence-corrected chi connectivity index (χ4v) is 2.79. The monoisotopic (exact) mass is 364 g/mol. The van der Waals surface area contributed by atoms with Gasteiger partial charge in [-0.15, -0.1) is 12.4 Å². The van der Waals surface area contributed by atoms with E-state index in [9.17, 15) is 9.18 Å². The van der Waals surface area contributed by atoms with Crippen molar-refractivity contribution in [1.29, 1.82) is 0 Å². The molecule has 3 nitrogen and oxygen atoms in total. The fraction of sp³-hybridized carbons (Fsp3) is 0.500. The lowest BCUT2D eigenvalue weighted by Gasteiger charge is -2.33. The second-order valence-electron chi connectivity index (χ2n) is 5.23. The van der Waals surface area contributed by atoms with E-state index in [4.69, 9.17) is 5.73 Å². The first-order valence-electron chi connectivity index (χ1n) is 6.52. The molecule has 0 spiro atoms. The summed E-state index contributed by atoms with van der Waals surface area (Å²) in [5.41, 5.74) is 5.96. The minimum absolute atomic E-state index is 0. The minimum Gasteiger partial charge on any atom is -0.350 e. The number of amides is 1. The maximum Gasteiger partial charge on any atom is 0.254 e. The molecular formula is C14H19BrClFN2O. The highest BCUT2D eigenvalue weighted by Crippen LogP contribution is 2.25. The minimum atomic E-state index is -0.526. The molecule has 1 aromatic carbocycles. The SMILES string of the molecule is Cl.NC1(CNC(=O)c2ccc(Br)cc2F)CCCCC1. The zero-order valence-corrected chi connectivity index (χ0v) is 13.5. The maximum absolute atomic E-state index is 13.6. The van der Waals surface area contributed by atoms with Gasteiger partial charge in [0.05, 0.1) is 5.56 Å². The Morgan fingerprint density at radius 1 is 1.35 bits per heavy atom. The molecule has 6 heteroatoms. The lowest BCUT2D eigenvalue weighted by atomic mass is 9.82. The van der Waals surface area contributed by atoms with E-state index >= 15 is 0 Å². The Bertz CT molecular complexity index is 478. The quantitative estimate of drug-likeness (QED) is 0.862. The molecule has 0 bridgehead atoms. The van der Waals surface area contributed by atoms with E-state index in [2.05, 4.69) is 21.2 Å². The molecule has 0 saturated heterocycles. The number of benzene rings is 1. The molecule has 1 saturated carbocycles. The van der Waals surface area contributed by atoms with E-state index in [1.807, 2.05) is 0 Å². The van der Waals surface area contributed by atoms with Gasteiger partial charge in [0, 0.05) is 16.6 Å². The average Bonchev–Trinajstić information content (AvgIpc) is 2.37. The van der Waals surface area contributed by atoms with Crippen LogP contribution in [0.25, 0.3) is 0 Å². The van der Waals surface area contributed by atoms with Crippen molar-refractivity contribution in [3.05, 3.63) is 34.1 Å². The Morgan fingerprint density at radius 2 is 2.00 bits per heavy atom. The number of nitrogens with two attached hydrogens (primary N) is 1. The lowest BCUT2D eigenvalue weighted by molar-refractivity contribution is 0.0933. The van der Waals surface area contributed by atoms with Crippen molar-refractivity contribution in [2.45, 2.75) is 37.6 Å². The summed E-state index contributed by atoms with van der Waals surface area (Å²) in [6, 6.07) is 4.41. The second-order valence-corrected chi connectivity index (χ2v) is 6.15. The van der Waals surface area contributed by atoms with Crippen LogP contribution in [0.3, 0.4) is 0 Å². The second kappa shape index (κ2) is 7.38. The molecule has 0 aromatic heterocycles. The molecule has 1 aromatic rings. The fourth-order valence-electron chi connectivity index (χ4n) is 2.46. The van der Waals surface area contributed by atoms with Crippen molar-refractivity contribution in [3.63, 3.8) is 0 Å². The van der Waals surface area contributed by atoms with Crippen LogP contribution < -0.4 is 11.1 Å². The number of nitrogens with one attached hydrogen (secondary N) is 1. The third kappa shape index (κ3) is 4.43. The number of carbonyl (C=O) groups is 1. The zero-order valence-electron chi connectivity index (χ0n) is 11.1. The standard InChI is InChI=1S/C14H18BrFN2O.ClH/c15-10-4-5-11(12(16)8-10)13(19)18-9-14(17)6-2-1-3-7-14;/h4-5,8H,1-3,6-7,9,17H2,(H,18,19);1H. The van der Waals surface area contributed by atoms with Crippen LogP contribution in [0.15, 0.2) is 22.7 Å². The van der Waals surface area contributed by atoms with Crippen molar-refractivity contribution in [1.82, 2.24) is 5.32 Å². The molecule has 0 unspecified atom stereocenters. The van der Waals surface area contributed by atoms with Gasteiger partial charge in [-0.1, -0.05) is 35.2 Å². The Kier molecular flexibility index (Phi) is 6.43. The molecule has 0 radical (unpaired) electrons. The lowest BCUT2D eigenvalue weighted by Crippen LogP contribution is -2.51. The highest BCUT2D eigenvalue weighted by Gasteiger charge is 2.28. The van der Waals surface area contributed by atoms with E-state index in [1.165, 1.54) is 18.6 Å². The third-order valence-electron chi connectivity index (χ3n) is 3.63. The number of hydrogen-bond donors (Lipinski definition) is 2. The summed E-state index contributed by atoms with van der Waals surface area (Å²) in [4.78, 5) is 11.9. The molecular weight excluding hydrogens is 347 g/mol. The van der Waals surface area contributed by atoms with E-state index < -0.39 is 11.7 Å².